The number of nitrogens with zero attached hydrogens (tertiary/aromatic N) is 3. The first-order valence-electron chi connectivity index (χ1n) is 7.14. The summed E-state index contributed by atoms with van der Waals surface area (Å²) in [4.78, 5) is 23.9. The fourth-order valence-corrected chi connectivity index (χ4v) is 2.38. The van der Waals surface area contributed by atoms with Gasteiger partial charge >= 0.3 is 0 Å². The molecule has 4 aromatic rings. The molecular formula is C17H14ClN5O. The standard InChI is InChI=1S/C17H13N5O.ClH/c23-17(20-13-4-2-1-3-5-13)14-11-22-10-12(6-7-15(22)21-14)16-18-8-9-19-16;/h1-11H,(H,18,19)(H,20,23);1H. The van der Waals surface area contributed by atoms with Gasteiger partial charge in [-0.25, -0.2) is 9.97 Å². The van der Waals surface area contributed by atoms with E-state index in [4.69, 9.17) is 0 Å². The van der Waals surface area contributed by atoms with Crippen LogP contribution in [0.1, 0.15) is 10.5 Å². The van der Waals surface area contributed by atoms with Gasteiger partial charge in [0.05, 0.1) is 0 Å². The van der Waals surface area contributed by atoms with Crippen molar-refractivity contribution in [2.45, 2.75) is 0 Å². The van der Waals surface area contributed by atoms with E-state index in [0.29, 0.717) is 11.3 Å². The zero-order valence-electron chi connectivity index (χ0n) is 12.5. The Morgan fingerprint density at radius 3 is 2.67 bits per heavy atom. The lowest BCUT2D eigenvalue weighted by Crippen LogP contribution is -2.11. The molecule has 24 heavy (non-hydrogen) atoms. The topological polar surface area (TPSA) is 75.1 Å². The number of carbonyl (C=O) groups excluding carboxylic acids is 1. The Kier molecular flexibility index (Phi) is 4.31. The third kappa shape index (κ3) is 3.00. The number of anilines is 1. The Labute approximate surface area is 144 Å². The van der Waals surface area contributed by atoms with E-state index in [0.717, 1.165) is 17.1 Å². The van der Waals surface area contributed by atoms with Crippen LogP contribution in [0, 0.1) is 0 Å². The minimum atomic E-state index is -0.237. The average molecular weight is 340 g/mol. The lowest BCUT2D eigenvalue weighted by molar-refractivity contribution is 0.102. The molecule has 0 aliphatic carbocycles. The Morgan fingerprint density at radius 2 is 1.92 bits per heavy atom. The molecular weight excluding hydrogens is 326 g/mol. The second-order valence-electron chi connectivity index (χ2n) is 5.07. The maximum absolute atomic E-state index is 12.3. The lowest BCUT2D eigenvalue weighted by atomic mass is 10.3. The van der Waals surface area contributed by atoms with Crippen LogP contribution in [-0.2, 0) is 0 Å². The van der Waals surface area contributed by atoms with Crippen LogP contribution >= 0.6 is 12.4 Å². The van der Waals surface area contributed by atoms with Gasteiger partial charge in [0.2, 0.25) is 0 Å². The first kappa shape index (κ1) is 15.8. The molecule has 0 unspecified atom stereocenters. The summed E-state index contributed by atoms with van der Waals surface area (Å²) in [7, 11) is 0. The van der Waals surface area contributed by atoms with Crippen molar-refractivity contribution in [1.29, 1.82) is 0 Å². The molecule has 6 nitrogen and oxygen atoms in total. The molecule has 120 valence electrons. The third-order valence-corrected chi connectivity index (χ3v) is 3.49. The van der Waals surface area contributed by atoms with Crippen LogP contribution in [-0.4, -0.2) is 25.3 Å². The van der Waals surface area contributed by atoms with E-state index in [1.54, 1.807) is 18.6 Å². The van der Waals surface area contributed by atoms with Crippen molar-refractivity contribution in [2.75, 3.05) is 5.32 Å². The minimum Gasteiger partial charge on any atom is -0.345 e. The van der Waals surface area contributed by atoms with Crippen molar-refractivity contribution < 1.29 is 4.79 Å². The third-order valence-electron chi connectivity index (χ3n) is 3.49. The summed E-state index contributed by atoms with van der Waals surface area (Å²) in [5.41, 5.74) is 2.74. The fraction of sp³-hybridized carbons (Fsp3) is 0. The lowest BCUT2D eigenvalue weighted by Gasteiger charge is -2.01. The number of aromatic nitrogens is 4. The number of para-hydroxylation sites is 1. The highest BCUT2D eigenvalue weighted by Gasteiger charge is 2.11. The molecule has 2 N–H and O–H groups in total. The number of nitrogens with one attached hydrogen (secondary N) is 2. The Morgan fingerprint density at radius 1 is 1.08 bits per heavy atom. The molecule has 4 rings (SSSR count). The first-order valence-corrected chi connectivity index (χ1v) is 7.14. The van der Waals surface area contributed by atoms with Gasteiger partial charge in [-0.05, 0) is 24.3 Å². The van der Waals surface area contributed by atoms with Gasteiger partial charge in [0.1, 0.15) is 17.2 Å². The van der Waals surface area contributed by atoms with Crippen LogP contribution in [0.15, 0.2) is 67.3 Å². The summed E-state index contributed by atoms with van der Waals surface area (Å²) in [5, 5.41) is 2.83. The molecule has 1 aromatic carbocycles. The normalized spacial score (nSPS) is 10.3. The number of carbonyl (C=O) groups is 1. The van der Waals surface area contributed by atoms with Gasteiger partial charge in [0.25, 0.3) is 5.91 Å². The number of imidazole rings is 2. The fourth-order valence-electron chi connectivity index (χ4n) is 2.38. The van der Waals surface area contributed by atoms with Gasteiger partial charge in [-0.1, -0.05) is 18.2 Å². The molecule has 0 fully saturated rings. The molecule has 3 aromatic heterocycles. The van der Waals surface area contributed by atoms with Gasteiger partial charge in [-0.3, -0.25) is 4.79 Å². The predicted octanol–water partition coefficient (Wildman–Crippen LogP) is 3.40. The molecule has 0 bridgehead atoms. The summed E-state index contributed by atoms with van der Waals surface area (Å²) in [6, 6.07) is 13.1. The number of pyridine rings is 1. The number of H-pyrrole nitrogens is 1. The quantitative estimate of drug-likeness (QED) is 0.600. The number of hydrogen-bond acceptors (Lipinski definition) is 3. The van der Waals surface area contributed by atoms with Crippen LogP contribution in [0.25, 0.3) is 17.0 Å². The Balaban J connectivity index is 0.00000169. The van der Waals surface area contributed by atoms with Gasteiger partial charge in [-0.15, -0.1) is 12.4 Å². The minimum absolute atomic E-state index is 0. The molecule has 0 aliphatic heterocycles. The average Bonchev–Trinajstić information content (AvgIpc) is 3.24. The van der Waals surface area contributed by atoms with Gasteiger partial charge in [-0.2, -0.15) is 0 Å². The van der Waals surface area contributed by atoms with Crippen molar-refractivity contribution in [1.82, 2.24) is 19.4 Å². The first-order chi connectivity index (χ1) is 11.3. The van der Waals surface area contributed by atoms with E-state index < -0.39 is 0 Å². The number of rotatable bonds is 3. The van der Waals surface area contributed by atoms with Crippen LogP contribution in [0.3, 0.4) is 0 Å². The van der Waals surface area contributed by atoms with E-state index in [1.807, 2.05) is 53.1 Å². The smallest absolute Gasteiger partial charge is 0.275 e. The van der Waals surface area contributed by atoms with E-state index in [-0.39, 0.29) is 18.3 Å². The molecule has 0 saturated heterocycles. The van der Waals surface area contributed by atoms with Gasteiger partial charge < -0.3 is 14.7 Å². The summed E-state index contributed by atoms with van der Waals surface area (Å²) >= 11 is 0. The number of amides is 1. The number of halogens is 1. The van der Waals surface area contributed by atoms with E-state index >= 15 is 0 Å². The number of fused-ring (bicyclic) bond motifs is 1. The second kappa shape index (κ2) is 6.55. The van der Waals surface area contributed by atoms with Crippen molar-refractivity contribution in [2.24, 2.45) is 0 Å². The summed E-state index contributed by atoms with van der Waals surface area (Å²) < 4.78 is 1.82. The Bertz CT molecular complexity index is 963. The number of aromatic amines is 1. The molecule has 3 heterocycles. The van der Waals surface area contributed by atoms with E-state index in [1.165, 1.54) is 0 Å². The molecule has 0 radical (unpaired) electrons. The largest absolute Gasteiger partial charge is 0.345 e. The van der Waals surface area contributed by atoms with Crippen molar-refractivity contribution in [3.63, 3.8) is 0 Å². The maximum Gasteiger partial charge on any atom is 0.275 e. The van der Waals surface area contributed by atoms with Crippen LogP contribution in [0.2, 0.25) is 0 Å². The molecule has 0 atom stereocenters. The SMILES string of the molecule is Cl.O=C(Nc1ccccc1)c1cn2cc(-c3ncc[nH]3)ccc2n1. The molecule has 7 heteroatoms. The zero-order valence-corrected chi connectivity index (χ0v) is 13.3. The van der Waals surface area contributed by atoms with Crippen molar-refractivity contribution >= 4 is 29.6 Å². The highest BCUT2D eigenvalue weighted by Crippen LogP contribution is 2.16. The second-order valence-corrected chi connectivity index (χ2v) is 5.07. The number of hydrogen-bond donors (Lipinski definition) is 2. The predicted molar refractivity (Wildman–Crippen MR) is 94.4 cm³/mol. The summed E-state index contributed by atoms with van der Waals surface area (Å²) in [6.45, 7) is 0. The van der Waals surface area contributed by atoms with Crippen molar-refractivity contribution in [3.05, 3.63) is 72.9 Å². The van der Waals surface area contributed by atoms with Gasteiger partial charge in [0, 0.05) is 36.0 Å². The van der Waals surface area contributed by atoms with E-state index in [9.17, 15) is 4.79 Å². The Hall–Kier alpha value is -3.12. The molecule has 0 saturated carbocycles. The molecule has 0 spiro atoms. The molecule has 1 amide bonds. The highest BCUT2D eigenvalue weighted by atomic mass is 35.5. The van der Waals surface area contributed by atoms with Gasteiger partial charge in [0.15, 0.2) is 0 Å². The summed E-state index contributed by atoms with van der Waals surface area (Å²) in [6.07, 6.45) is 7.07. The maximum atomic E-state index is 12.3. The monoisotopic (exact) mass is 339 g/mol. The van der Waals surface area contributed by atoms with Crippen LogP contribution < -0.4 is 5.32 Å². The van der Waals surface area contributed by atoms with Crippen molar-refractivity contribution in [3.8, 4) is 11.4 Å². The number of benzene rings is 1. The van der Waals surface area contributed by atoms with Crippen LogP contribution in [0.5, 0.6) is 0 Å². The van der Waals surface area contributed by atoms with Crippen LogP contribution in [0.4, 0.5) is 5.69 Å². The zero-order chi connectivity index (χ0) is 15.6. The highest BCUT2D eigenvalue weighted by molar-refractivity contribution is 6.03. The summed E-state index contributed by atoms with van der Waals surface area (Å²) in [5.74, 6) is 0.537. The molecule has 0 aliphatic rings. The van der Waals surface area contributed by atoms with E-state index in [2.05, 4.69) is 20.3 Å².